The minimum absolute atomic E-state index is 0.288. The highest BCUT2D eigenvalue weighted by Gasteiger charge is 2.32. The van der Waals surface area contributed by atoms with Gasteiger partial charge in [0.2, 0.25) is 0 Å². The normalized spacial score (nSPS) is 25.7. The van der Waals surface area contributed by atoms with Gasteiger partial charge in [0.1, 0.15) is 0 Å². The van der Waals surface area contributed by atoms with Crippen LogP contribution < -0.4 is 5.73 Å². The van der Waals surface area contributed by atoms with E-state index < -0.39 is 0 Å². The van der Waals surface area contributed by atoms with E-state index in [0.717, 1.165) is 19.5 Å². The Bertz CT molecular complexity index is 356. The zero-order chi connectivity index (χ0) is 12.4. The third-order valence-corrected chi connectivity index (χ3v) is 3.57. The van der Waals surface area contributed by atoms with Gasteiger partial charge in [-0.2, -0.15) is 0 Å². The van der Waals surface area contributed by atoms with E-state index in [1.54, 1.807) is 0 Å². The molecule has 1 fully saturated rings. The van der Waals surface area contributed by atoms with Crippen LogP contribution in [0.25, 0.3) is 0 Å². The number of hydrogen-bond donors (Lipinski definition) is 1. The first-order valence-electron chi connectivity index (χ1n) is 6.64. The Kier molecular flexibility index (Phi) is 3.85. The van der Waals surface area contributed by atoms with Crippen LogP contribution in [-0.2, 0) is 0 Å². The van der Waals surface area contributed by atoms with Crippen molar-refractivity contribution in [3.8, 4) is 0 Å². The highest BCUT2D eigenvalue weighted by atomic mass is 15.2. The Morgan fingerprint density at radius 1 is 1.29 bits per heavy atom. The molecule has 0 bridgehead atoms. The predicted molar refractivity (Wildman–Crippen MR) is 72.9 cm³/mol. The molecule has 0 aromatic heterocycles. The summed E-state index contributed by atoms with van der Waals surface area (Å²) in [6, 6.07) is 9.55. The summed E-state index contributed by atoms with van der Waals surface area (Å²) in [7, 11) is 0. The Balaban J connectivity index is 2.18. The SMILES string of the molecule is Cc1ccc(C2C(N)CCN2CC(C)C)cc1. The van der Waals surface area contributed by atoms with Gasteiger partial charge in [-0.05, 0) is 24.8 Å². The molecule has 1 aromatic carbocycles. The molecule has 1 aromatic rings. The second kappa shape index (κ2) is 5.19. The number of hydrogen-bond acceptors (Lipinski definition) is 2. The summed E-state index contributed by atoms with van der Waals surface area (Å²) < 4.78 is 0. The molecular weight excluding hydrogens is 208 g/mol. The van der Waals surface area contributed by atoms with E-state index in [1.165, 1.54) is 11.1 Å². The molecule has 1 heterocycles. The van der Waals surface area contributed by atoms with Gasteiger partial charge in [-0.25, -0.2) is 0 Å². The van der Waals surface area contributed by atoms with Crippen molar-refractivity contribution in [1.29, 1.82) is 0 Å². The van der Waals surface area contributed by atoms with E-state index in [2.05, 4.69) is 49.9 Å². The van der Waals surface area contributed by atoms with Crippen LogP contribution in [0, 0.1) is 12.8 Å². The lowest BCUT2D eigenvalue weighted by molar-refractivity contribution is 0.221. The fourth-order valence-corrected chi connectivity index (χ4v) is 2.78. The Morgan fingerprint density at radius 2 is 1.94 bits per heavy atom. The molecule has 2 unspecified atom stereocenters. The molecule has 1 aliphatic rings. The minimum Gasteiger partial charge on any atom is -0.326 e. The maximum Gasteiger partial charge on any atom is 0.0499 e. The Morgan fingerprint density at radius 3 is 2.53 bits per heavy atom. The molecule has 94 valence electrons. The monoisotopic (exact) mass is 232 g/mol. The van der Waals surface area contributed by atoms with Crippen molar-refractivity contribution in [3.63, 3.8) is 0 Å². The number of nitrogens with zero attached hydrogens (tertiary/aromatic N) is 1. The first kappa shape index (κ1) is 12.6. The number of nitrogens with two attached hydrogens (primary N) is 1. The van der Waals surface area contributed by atoms with Gasteiger partial charge in [0.15, 0.2) is 0 Å². The van der Waals surface area contributed by atoms with Gasteiger partial charge in [-0.1, -0.05) is 43.7 Å². The van der Waals surface area contributed by atoms with Crippen molar-refractivity contribution in [3.05, 3.63) is 35.4 Å². The van der Waals surface area contributed by atoms with Crippen molar-refractivity contribution in [2.45, 2.75) is 39.3 Å². The minimum atomic E-state index is 0.288. The van der Waals surface area contributed by atoms with Crippen molar-refractivity contribution in [1.82, 2.24) is 4.90 Å². The average molecular weight is 232 g/mol. The average Bonchev–Trinajstić information content (AvgIpc) is 2.61. The smallest absolute Gasteiger partial charge is 0.0499 e. The van der Waals surface area contributed by atoms with Crippen molar-refractivity contribution < 1.29 is 0 Å². The van der Waals surface area contributed by atoms with Gasteiger partial charge in [0.05, 0.1) is 0 Å². The van der Waals surface area contributed by atoms with Crippen LogP contribution in [0.3, 0.4) is 0 Å². The fraction of sp³-hybridized carbons (Fsp3) is 0.600. The van der Waals surface area contributed by atoms with E-state index in [-0.39, 0.29) is 6.04 Å². The van der Waals surface area contributed by atoms with E-state index in [4.69, 9.17) is 5.73 Å². The van der Waals surface area contributed by atoms with Gasteiger partial charge in [0, 0.05) is 25.2 Å². The molecule has 2 rings (SSSR count). The standard InChI is InChI=1S/C15H24N2/c1-11(2)10-17-9-8-14(16)15(17)13-6-4-12(3)5-7-13/h4-7,11,14-15H,8-10,16H2,1-3H3. The second-order valence-corrected chi connectivity index (χ2v) is 5.70. The fourth-order valence-electron chi connectivity index (χ4n) is 2.78. The molecule has 2 heteroatoms. The second-order valence-electron chi connectivity index (χ2n) is 5.70. The Hall–Kier alpha value is -0.860. The molecule has 2 atom stereocenters. The van der Waals surface area contributed by atoms with Crippen molar-refractivity contribution >= 4 is 0 Å². The molecule has 0 saturated carbocycles. The lowest BCUT2D eigenvalue weighted by Crippen LogP contribution is -2.33. The number of aryl methyl sites for hydroxylation is 1. The van der Waals surface area contributed by atoms with Crippen LogP contribution in [0.1, 0.15) is 37.4 Å². The van der Waals surface area contributed by atoms with Gasteiger partial charge in [-0.15, -0.1) is 0 Å². The summed E-state index contributed by atoms with van der Waals surface area (Å²) in [4.78, 5) is 2.54. The summed E-state index contributed by atoms with van der Waals surface area (Å²) >= 11 is 0. The van der Waals surface area contributed by atoms with E-state index in [1.807, 2.05) is 0 Å². The predicted octanol–water partition coefficient (Wildman–Crippen LogP) is 2.73. The maximum atomic E-state index is 6.27. The highest BCUT2D eigenvalue weighted by Crippen LogP contribution is 2.31. The zero-order valence-electron chi connectivity index (χ0n) is 11.2. The molecule has 0 amide bonds. The van der Waals surface area contributed by atoms with Gasteiger partial charge in [-0.3, -0.25) is 4.90 Å². The third-order valence-electron chi connectivity index (χ3n) is 3.57. The first-order valence-corrected chi connectivity index (χ1v) is 6.64. The molecular formula is C15H24N2. The van der Waals surface area contributed by atoms with Crippen LogP contribution in [-0.4, -0.2) is 24.0 Å². The van der Waals surface area contributed by atoms with Gasteiger partial charge >= 0.3 is 0 Å². The summed E-state index contributed by atoms with van der Waals surface area (Å²) in [6.07, 6.45) is 1.12. The van der Waals surface area contributed by atoms with Crippen LogP contribution in [0.15, 0.2) is 24.3 Å². The molecule has 0 spiro atoms. The molecule has 1 saturated heterocycles. The van der Waals surface area contributed by atoms with Crippen molar-refractivity contribution in [2.24, 2.45) is 11.7 Å². The lowest BCUT2D eigenvalue weighted by Gasteiger charge is -2.28. The number of likely N-dealkylation sites (tertiary alicyclic amines) is 1. The maximum absolute atomic E-state index is 6.27. The summed E-state index contributed by atoms with van der Waals surface area (Å²) in [5.41, 5.74) is 8.97. The largest absolute Gasteiger partial charge is 0.326 e. The molecule has 0 radical (unpaired) electrons. The summed E-state index contributed by atoms with van der Waals surface area (Å²) in [5.74, 6) is 0.702. The quantitative estimate of drug-likeness (QED) is 0.868. The summed E-state index contributed by atoms with van der Waals surface area (Å²) in [5, 5.41) is 0. The topological polar surface area (TPSA) is 29.3 Å². The first-order chi connectivity index (χ1) is 8.08. The molecule has 2 nitrogen and oxygen atoms in total. The van der Waals surface area contributed by atoms with Crippen LogP contribution in [0.2, 0.25) is 0 Å². The third kappa shape index (κ3) is 2.88. The van der Waals surface area contributed by atoms with Gasteiger partial charge in [0.25, 0.3) is 0 Å². The van der Waals surface area contributed by atoms with Gasteiger partial charge < -0.3 is 5.73 Å². The molecule has 17 heavy (non-hydrogen) atoms. The number of benzene rings is 1. The van der Waals surface area contributed by atoms with Crippen LogP contribution >= 0.6 is 0 Å². The van der Waals surface area contributed by atoms with Crippen LogP contribution in [0.4, 0.5) is 0 Å². The van der Waals surface area contributed by atoms with E-state index in [9.17, 15) is 0 Å². The number of rotatable bonds is 3. The molecule has 0 aliphatic carbocycles. The lowest BCUT2D eigenvalue weighted by atomic mass is 9.99. The molecule has 1 aliphatic heterocycles. The van der Waals surface area contributed by atoms with Crippen molar-refractivity contribution in [2.75, 3.05) is 13.1 Å². The highest BCUT2D eigenvalue weighted by molar-refractivity contribution is 5.26. The molecule has 2 N–H and O–H groups in total. The van der Waals surface area contributed by atoms with E-state index >= 15 is 0 Å². The van der Waals surface area contributed by atoms with Crippen LogP contribution in [0.5, 0.6) is 0 Å². The summed E-state index contributed by atoms with van der Waals surface area (Å²) in [6.45, 7) is 8.96. The zero-order valence-corrected chi connectivity index (χ0v) is 11.2. The van der Waals surface area contributed by atoms with E-state index in [0.29, 0.717) is 12.0 Å². The Labute approximate surface area is 105 Å².